The largest absolute Gasteiger partial charge is 0.355 e. The number of nitrogens with one attached hydrogen (secondary N) is 1. The fourth-order valence-corrected chi connectivity index (χ4v) is 3.45. The number of nitrogens with zero attached hydrogens (tertiary/aromatic N) is 3. The summed E-state index contributed by atoms with van der Waals surface area (Å²) in [5, 5.41) is 4.74. The lowest BCUT2D eigenvalue weighted by atomic mass is 10.1. The van der Waals surface area contributed by atoms with Crippen LogP contribution in [0.4, 0.5) is 5.82 Å². The Labute approximate surface area is 172 Å². The standard InChI is InChI=1S/C22H31ClN4O/c1-5-15(4)24-20(28)10-11-27(13-14(2)3)22-18-9-8-17(23)12-19(18)25-21(26-22)16-6-7-16/h8-9,12,14-16H,5-7,10-11,13H2,1-4H3,(H,24,28)/t15-/m0/s1. The van der Waals surface area contributed by atoms with Crippen LogP contribution in [-0.2, 0) is 4.79 Å². The van der Waals surface area contributed by atoms with Crippen molar-refractivity contribution in [2.45, 2.75) is 65.3 Å². The van der Waals surface area contributed by atoms with Crippen molar-refractivity contribution in [2.24, 2.45) is 5.92 Å². The highest BCUT2D eigenvalue weighted by Gasteiger charge is 2.28. The van der Waals surface area contributed by atoms with Crippen molar-refractivity contribution in [3.63, 3.8) is 0 Å². The van der Waals surface area contributed by atoms with Gasteiger partial charge in [0.1, 0.15) is 11.6 Å². The van der Waals surface area contributed by atoms with Gasteiger partial charge in [0.05, 0.1) is 5.52 Å². The fourth-order valence-electron chi connectivity index (χ4n) is 3.28. The summed E-state index contributed by atoms with van der Waals surface area (Å²) >= 11 is 6.22. The van der Waals surface area contributed by atoms with Gasteiger partial charge in [0, 0.05) is 41.9 Å². The predicted octanol–water partition coefficient (Wildman–Crippen LogP) is 4.93. The van der Waals surface area contributed by atoms with Gasteiger partial charge in [-0.1, -0.05) is 32.4 Å². The van der Waals surface area contributed by atoms with E-state index in [-0.39, 0.29) is 11.9 Å². The van der Waals surface area contributed by atoms with Gasteiger partial charge in [-0.25, -0.2) is 9.97 Å². The number of carbonyl (C=O) groups excluding carboxylic acids is 1. The van der Waals surface area contributed by atoms with Gasteiger partial charge in [0.25, 0.3) is 0 Å². The van der Waals surface area contributed by atoms with Crippen LogP contribution in [0.1, 0.15) is 65.1 Å². The summed E-state index contributed by atoms with van der Waals surface area (Å²) in [7, 11) is 0. The van der Waals surface area contributed by atoms with E-state index in [0.29, 0.717) is 29.8 Å². The molecule has 1 N–H and O–H groups in total. The van der Waals surface area contributed by atoms with Gasteiger partial charge in [0.15, 0.2) is 0 Å². The minimum absolute atomic E-state index is 0.0897. The van der Waals surface area contributed by atoms with Crippen LogP contribution in [0.25, 0.3) is 10.9 Å². The lowest BCUT2D eigenvalue weighted by Crippen LogP contribution is -2.37. The van der Waals surface area contributed by atoms with Crippen molar-refractivity contribution in [2.75, 3.05) is 18.0 Å². The number of hydrogen-bond donors (Lipinski definition) is 1. The summed E-state index contributed by atoms with van der Waals surface area (Å²) in [4.78, 5) is 24.3. The molecule has 0 radical (unpaired) electrons. The highest BCUT2D eigenvalue weighted by molar-refractivity contribution is 6.31. The summed E-state index contributed by atoms with van der Waals surface area (Å²) in [6.45, 7) is 9.97. The summed E-state index contributed by atoms with van der Waals surface area (Å²) in [6.07, 6.45) is 3.68. The Hall–Kier alpha value is -1.88. The molecule has 1 saturated carbocycles. The zero-order valence-electron chi connectivity index (χ0n) is 17.3. The van der Waals surface area contributed by atoms with Crippen LogP contribution in [0.5, 0.6) is 0 Å². The fraction of sp³-hybridized carbons (Fsp3) is 0.591. The summed E-state index contributed by atoms with van der Waals surface area (Å²) in [5.41, 5.74) is 0.886. The zero-order chi connectivity index (χ0) is 20.3. The Morgan fingerprint density at radius 3 is 2.68 bits per heavy atom. The highest BCUT2D eigenvalue weighted by Crippen LogP contribution is 2.40. The van der Waals surface area contributed by atoms with Crippen LogP contribution in [-0.4, -0.2) is 35.0 Å². The molecule has 0 spiro atoms. The van der Waals surface area contributed by atoms with E-state index < -0.39 is 0 Å². The Bertz CT molecular complexity index is 835. The molecule has 5 nitrogen and oxygen atoms in total. The number of benzene rings is 1. The number of fused-ring (bicyclic) bond motifs is 1. The van der Waals surface area contributed by atoms with Crippen molar-refractivity contribution in [3.8, 4) is 0 Å². The van der Waals surface area contributed by atoms with E-state index in [0.717, 1.165) is 48.4 Å². The van der Waals surface area contributed by atoms with Crippen molar-refractivity contribution in [1.29, 1.82) is 0 Å². The van der Waals surface area contributed by atoms with Gasteiger partial charge >= 0.3 is 0 Å². The molecule has 1 aliphatic carbocycles. The van der Waals surface area contributed by atoms with E-state index in [4.69, 9.17) is 21.6 Å². The van der Waals surface area contributed by atoms with Gasteiger partial charge in [-0.05, 0) is 50.3 Å². The molecule has 2 aromatic rings. The number of aromatic nitrogens is 2. The molecule has 6 heteroatoms. The lowest BCUT2D eigenvalue weighted by molar-refractivity contribution is -0.121. The number of hydrogen-bond acceptors (Lipinski definition) is 4. The van der Waals surface area contributed by atoms with Crippen LogP contribution in [0.3, 0.4) is 0 Å². The SMILES string of the molecule is CC[C@H](C)NC(=O)CCN(CC(C)C)c1nc(C2CC2)nc2cc(Cl)ccc12. The third-order valence-corrected chi connectivity index (χ3v) is 5.35. The minimum Gasteiger partial charge on any atom is -0.355 e. The first-order chi connectivity index (χ1) is 13.4. The molecule has 1 aromatic carbocycles. The number of carbonyl (C=O) groups is 1. The maximum atomic E-state index is 12.3. The average Bonchev–Trinajstić information content (AvgIpc) is 3.48. The average molecular weight is 403 g/mol. The molecular formula is C22H31ClN4O. The second-order valence-corrected chi connectivity index (χ2v) is 8.74. The molecule has 1 aliphatic rings. The normalized spacial score (nSPS) is 15.1. The second kappa shape index (κ2) is 9.08. The summed E-state index contributed by atoms with van der Waals surface area (Å²) in [5.74, 6) is 2.83. The summed E-state index contributed by atoms with van der Waals surface area (Å²) in [6, 6.07) is 6.00. The van der Waals surface area contributed by atoms with Crippen molar-refractivity contribution in [3.05, 3.63) is 29.0 Å². The first-order valence-corrected chi connectivity index (χ1v) is 10.8. The van der Waals surface area contributed by atoms with E-state index in [1.165, 1.54) is 0 Å². The van der Waals surface area contributed by atoms with E-state index in [1.54, 1.807) is 0 Å². The Kier molecular flexibility index (Phi) is 6.76. The van der Waals surface area contributed by atoms with Crippen LogP contribution < -0.4 is 10.2 Å². The second-order valence-electron chi connectivity index (χ2n) is 8.31. The predicted molar refractivity (Wildman–Crippen MR) is 116 cm³/mol. The molecule has 28 heavy (non-hydrogen) atoms. The number of anilines is 1. The number of halogens is 1. The maximum absolute atomic E-state index is 12.3. The number of rotatable bonds is 9. The summed E-state index contributed by atoms with van der Waals surface area (Å²) < 4.78 is 0. The van der Waals surface area contributed by atoms with Crippen LogP contribution >= 0.6 is 11.6 Å². The van der Waals surface area contributed by atoms with Crippen LogP contribution in [0.15, 0.2) is 18.2 Å². The first-order valence-electron chi connectivity index (χ1n) is 10.4. The zero-order valence-corrected chi connectivity index (χ0v) is 18.1. The molecular weight excluding hydrogens is 372 g/mol. The molecule has 0 aliphatic heterocycles. The van der Waals surface area contributed by atoms with Crippen molar-refractivity contribution < 1.29 is 4.79 Å². The van der Waals surface area contributed by atoms with E-state index in [9.17, 15) is 4.79 Å². The quantitative estimate of drug-likeness (QED) is 0.646. The van der Waals surface area contributed by atoms with Crippen LogP contribution in [0, 0.1) is 5.92 Å². The van der Waals surface area contributed by atoms with Gasteiger partial charge < -0.3 is 10.2 Å². The minimum atomic E-state index is 0.0897. The first kappa shape index (κ1) is 20.8. The lowest BCUT2D eigenvalue weighted by Gasteiger charge is -2.27. The molecule has 3 rings (SSSR count). The van der Waals surface area contributed by atoms with Crippen molar-refractivity contribution >= 4 is 34.2 Å². The molecule has 1 fully saturated rings. The molecule has 1 amide bonds. The Morgan fingerprint density at radius 1 is 1.29 bits per heavy atom. The smallest absolute Gasteiger partial charge is 0.221 e. The Balaban J connectivity index is 1.90. The molecule has 1 atom stereocenters. The molecule has 0 saturated heterocycles. The maximum Gasteiger partial charge on any atom is 0.221 e. The Morgan fingerprint density at radius 2 is 2.04 bits per heavy atom. The molecule has 0 bridgehead atoms. The molecule has 0 unspecified atom stereocenters. The third kappa shape index (κ3) is 5.34. The van der Waals surface area contributed by atoms with Gasteiger partial charge in [-0.2, -0.15) is 0 Å². The van der Waals surface area contributed by atoms with Gasteiger partial charge in [-0.15, -0.1) is 0 Å². The molecule has 1 heterocycles. The van der Waals surface area contributed by atoms with Crippen molar-refractivity contribution in [1.82, 2.24) is 15.3 Å². The van der Waals surface area contributed by atoms with Gasteiger partial charge in [0.2, 0.25) is 5.91 Å². The highest BCUT2D eigenvalue weighted by atomic mass is 35.5. The number of amides is 1. The third-order valence-electron chi connectivity index (χ3n) is 5.11. The van der Waals surface area contributed by atoms with E-state index in [2.05, 4.69) is 31.0 Å². The van der Waals surface area contributed by atoms with E-state index in [1.807, 2.05) is 25.1 Å². The molecule has 152 valence electrons. The monoisotopic (exact) mass is 402 g/mol. The van der Waals surface area contributed by atoms with E-state index >= 15 is 0 Å². The topological polar surface area (TPSA) is 58.1 Å². The molecule has 1 aromatic heterocycles. The van der Waals surface area contributed by atoms with Gasteiger partial charge in [-0.3, -0.25) is 4.79 Å². The van der Waals surface area contributed by atoms with Crippen LogP contribution in [0.2, 0.25) is 5.02 Å².